The zero-order valence-electron chi connectivity index (χ0n) is 29.2. The molecule has 1 amide bonds. The van der Waals surface area contributed by atoms with E-state index in [0.29, 0.717) is 19.0 Å². The van der Waals surface area contributed by atoms with E-state index in [4.69, 9.17) is 19.4 Å². The molecule has 0 radical (unpaired) electrons. The molecule has 0 spiro atoms. The van der Waals surface area contributed by atoms with Gasteiger partial charge in [-0.3, -0.25) is 14.6 Å². The summed E-state index contributed by atoms with van der Waals surface area (Å²) in [6.45, 7) is 17.3. The maximum Gasteiger partial charge on any atom is 0.407 e. The van der Waals surface area contributed by atoms with Gasteiger partial charge < -0.3 is 25.0 Å². The van der Waals surface area contributed by atoms with Crippen molar-refractivity contribution < 1.29 is 19.1 Å². The summed E-state index contributed by atoms with van der Waals surface area (Å²) < 4.78 is 10.9. The average molecular weight is 659 g/mol. The smallest absolute Gasteiger partial charge is 0.407 e. The van der Waals surface area contributed by atoms with E-state index in [-0.39, 0.29) is 12.0 Å². The van der Waals surface area contributed by atoms with Crippen molar-refractivity contribution in [1.82, 2.24) is 30.1 Å². The average Bonchev–Trinajstić information content (AvgIpc) is 3.48. The van der Waals surface area contributed by atoms with E-state index in [1.54, 1.807) is 6.20 Å². The van der Waals surface area contributed by atoms with Gasteiger partial charge in [0, 0.05) is 75.5 Å². The molecule has 0 aliphatic carbocycles. The second kappa shape index (κ2) is 15.3. The van der Waals surface area contributed by atoms with E-state index in [2.05, 4.69) is 42.5 Å². The van der Waals surface area contributed by atoms with Gasteiger partial charge in [0.05, 0.1) is 12.2 Å². The highest BCUT2D eigenvalue weighted by atomic mass is 16.6. The van der Waals surface area contributed by atoms with Crippen molar-refractivity contribution in [2.75, 3.05) is 56.0 Å². The topological polar surface area (TPSA) is 125 Å². The van der Waals surface area contributed by atoms with Crippen LogP contribution in [-0.4, -0.2) is 99.9 Å². The summed E-state index contributed by atoms with van der Waals surface area (Å²) in [5, 5.41) is 6.27. The van der Waals surface area contributed by atoms with Gasteiger partial charge in [-0.2, -0.15) is 0 Å². The van der Waals surface area contributed by atoms with Gasteiger partial charge in [-0.25, -0.2) is 19.7 Å². The Morgan fingerprint density at radius 1 is 0.896 bits per heavy atom. The monoisotopic (exact) mass is 658 g/mol. The molecule has 1 atom stereocenters. The molecule has 2 saturated heterocycles. The van der Waals surface area contributed by atoms with Crippen molar-refractivity contribution in [3.8, 4) is 11.3 Å². The molecular weight excluding hydrogens is 608 g/mol. The fraction of sp³-hybridized carbons (Fsp3) is 0.528. The SMILES string of the molecule is CC(C)(C)OC(=O)CN1CCN(Cc2cccc(Nc3nccc(-c4ccc(N5CCCC5CNC(=O)OC(C)(C)C)nc4)n3)c2)CC1. The predicted molar refractivity (Wildman–Crippen MR) is 187 cm³/mol. The zero-order valence-corrected chi connectivity index (χ0v) is 29.2. The summed E-state index contributed by atoms with van der Waals surface area (Å²) in [6.07, 6.45) is 5.21. The van der Waals surface area contributed by atoms with Crippen molar-refractivity contribution in [3.05, 3.63) is 60.4 Å². The first-order valence-electron chi connectivity index (χ1n) is 16.9. The second-order valence-electron chi connectivity index (χ2n) is 14.5. The molecular formula is C36H50N8O4. The van der Waals surface area contributed by atoms with Crippen LogP contribution in [0.4, 0.5) is 22.2 Å². The Kier molecular flexibility index (Phi) is 11.2. The van der Waals surface area contributed by atoms with E-state index in [9.17, 15) is 9.59 Å². The van der Waals surface area contributed by atoms with Crippen LogP contribution in [0.1, 0.15) is 59.9 Å². The fourth-order valence-corrected chi connectivity index (χ4v) is 5.95. The number of hydrogen-bond donors (Lipinski definition) is 2. The molecule has 4 heterocycles. The van der Waals surface area contributed by atoms with Gasteiger partial charge in [0.15, 0.2) is 0 Å². The fourth-order valence-electron chi connectivity index (χ4n) is 5.95. The van der Waals surface area contributed by atoms with Crippen molar-refractivity contribution in [3.63, 3.8) is 0 Å². The number of benzene rings is 1. The number of anilines is 3. The Labute approximate surface area is 284 Å². The third-order valence-electron chi connectivity index (χ3n) is 8.08. The molecule has 2 aliphatic heterocycles. The van der Waals surface area contributed by atoms with E-state index >= 15 is 0 Å². The number of carbonyl (C=O) groups is 2. The lowest BCUT2D eigenvalue weighted by Gasteiger charge is -2.34. The molecule has 0 saturated carbocycles. The number of nitrogens with one attached hydrogen (secondary N) is 2. The molecule has 2 aromatic heterocycles. The first-order valence-corrected chi connectivity index (χ1v) is 16.9. The number of rotatable bonds is 10. The van der Waals surface area contributed by atoms with Crippen LogP contribution in [0.25, 0.3) is 11.3 Å². The Bertz CT molecular complexity index is 1530. The van der Waals surface area contributed by atoms with Crippen molar-refractivity contribution in [2.24, 2.45) is 0 Å². The van der Waals surface area contributed by atoms with E-state index in [1.165, 1.54) is 5.56 Å². The molecule has 12 nitrogen and oxygen atoms in total. The molecule has 3 aromatic rings. The Morgan fingerprint density at radius 3 is 2.35 bits per heavy atom. The van der Waals surface area contributed by atoms with Gasteiger partial charge in [0.2, 0.25) is 5.95 Å². The van der Waals surface area contributed by atoms with Gasteiger partial charge in [-0.15, -0.1) is 0 Å². The number of nitrogens with zero attached hydrogens (tertiary/aromatic N) is 6. The summed E-state index contributed by atoms with van der Waals surface area (Å²) in [5.41, 5.74) is 2.79. The first-order chi connectivity index (χ1) is 22.8. The Hall–Kier alpha value is -4.29. The zero-order chi connectivity index (χ0) is 34.3. The molecule has 5 rings (SSSR count). The van der Waals surface area contributed by atoms with Crippen LogP contribution in [0.5, 0.6) is 0 Å². The molecule has 2 aliphatic rings. The van der Waals surface area contributed by atoms with Crippen LogP contribution in [0.3, 0.4) is 0 Å². The van der Waals surface area contributed by atoms with Crippen LogP contribution in [0, 0.1) is 0 Å². The number of piperazine rings is 1. The summed E-state index contributed by atoms with van der Waals surface area (Å²) in [5.74, 6) is 1.22. The molecule has 1 aromatic carbocycles. The van der Waals surface area contributed by atoms with E-state index < -0.39 is 17.3 Å². The van der Waals surface area contributed by atoms with Crippen molar-refractivity contribution >= 4 is 29.5 Å². The van der Waals surface area contributed by atoms with Crippen molar-refractivity contribution in [2.45, 2.75) is 78.2 Å². The number of pyridine rings is 1. The lowest BCUT2D eigenvalue weighted by Crippen LogP contribution is -2.48. The number of hydrogen-bond acceptors (Lipinski definition) is 11. The Balaban J connectivity index is 1.13. The third kappa shape index (κ3) is 10.6. The van der Waals surface area contributed by atoms with Crippen LogP contribution in [0.15, 0.2) is 54.9 Å². The molecule has 258 valence electrons. The third-order valence-corrected chi connectivity index (χ3v) is 8.08. The Morgan fingerprint density at radius 2 is 1.65 bits per heavy atom. The maximum atomic E-state index is 12.2. The van der Waals surface area contributed by atoms with Crippen LogP contribution >= 0.6 is 0 Å². The summed E-state index contributed by atoms with van der Waals surface area (Å²) in [4.78, 5) is 45.2. The summed E-state index contributed by atoms with van der Waals surface area (Å²) in [7, 11) is 0. The van der Waals surface area contributed by atoms with Gasteiger partial charge >= 0.3 is 12.1 Å². The standard InChI is InChI=1S/C36H50N8O4/c1-35(2,3)47-32(45)25-43-19-17-42(18-20-43)24-26-9-7-10-28(21-26)40-33-37-15-14-30(41-33)27-12-13-31(38-22-27)44-16-8-11-29(44)23-39-34(46)48-36(4,5)6/h7,9-10,12-15,21-22,29H,8,11,16-20,23-25H2,1-6H3,(H,39,46)(H,37,40,41). The van der Waals surface area contributed by atoms with Crippen LogP contribution < -0.4 is 15.5 Å². The lowest BCUT2D eigenvalue weighted by atomic mass is 10.1. The molecule has 48 heavy (non-hydrogen) atoms. The van der Waals surface area contributed by atoms with Crippen LogP contribution in [-0.2, 0) is 20.8 Å². The number of alkyl carbamates (subject to hydrolysis) is 1. The van der Waals surface area contributed by atoms with Gasteiger partial charge in [-0.05, 0) is 90.3 Å². The lowest BCUT2D eigenvalue weighted by molar-refractivity contribution is -0.156. The first kappa shape index (κ1) is 35.0. The number of ether oxygens (including phenoxy) is 2. The molecule has 1 unspecified atom stereocenters. The van der Waals surface area contributed by atoms with E-state index in [1.807, 2.05) is 78.1 Å². The molecule has 2 N–H and O–H groups in total. The normalized spacial score (nSPS) is 17.6. The quantitative estimate of drug-likeness (QED) is 0.278. The number of amides is 1. The largest absolute Gasteiger partial charge is 0.459 e. The molecule has 0 bridgehead atoms. The minimum absolute atomic E-state index is 0.162. The van der Waals surface area contributed by atoms with Gasteiger partial charge in [0.25, 0.3) is 0 Å². The second-order valence-corrected chi connectivity index (χ2v) is 14.5. The van der Waals surface area contributed by atoms with Crippen molar-refractivity contribution in [1.29, 1.82) is 0 Å². The predicted octanol–water partition coefficient (Wildman–Crippen LogP) is 5.24. The minimum atomic E-state index is -0.527. The number of esters is 1. The molecule has 2 fully saturated rings. The summed E-state index contributed by atoms with van der Waals surface area (Å²) in [6, 6.07) is 14.4. The summed E-state index contributed by atoms with van der Waals surface area (Å²) >= 11 is 0. The highest BCUT2D eigenvalue weighted by molar-refractivity contribution is 5.72. The maximum absolute atomic E-state index is 12.2. The molecule has 12 heteroatoms. The highest BCUT2D eigenvalue weighted by Crippen LogP contribution is 2.26. The number of carbonyl (C=O) groups excluding carboxylic acids is 2. The van der Waals surface area contributed by atoms with E-state index in [0.717, 1.165) is 74.9 Å². The van der Waals surface area contributed by atoms with Crippen LogP contribution in [0.2, 0.25) is 0 Å². The highest BCUT2D eigenvalue weighted by Gasteiger charge is 2.27. The number of aromatic nitrogens is 3. The minimum Gasteiger partial charge on any atom is -0.459 e. The van der Waals surface area contributed by atoms with Gasteiger partial charge in [0.1, 0.15) is 17.0 Å². The van der Waals surface area contributed by atoms with Gasteiger partial charge in [-0.1, -0.05) is 12.1 Å².